The van der Waals surface area contributed by atoms with Gasteiger partial charge in [0, 0.05) is 19.0 Å². The van der Waals surface area contributed by atoms with Crippen molar-refractivity contribution in [3.05, 3.63) is 11.8 Å². The number of hydrogen-bond acceptors (Lipinski definition) is 4. The van der Waals surface area contributed by atoms with Crippen LogP contribution in [0.25, 0.3) is 0 Å². The molecule has 1 heterocycles. The third-order valence-electron chi connectivity index (χ3n) is 3.09. The van der Waals surface area contributed by atoms with Gasteiger partial charge in [-0.05, 0) is 0 Å². The van der Waals surface area contributed by atoms with Crippen molar-refractivity contribution in [3.8, 4) is 5.88 Å². The SMILES string of the molecule is COc1cc(CNC(=O)C(C)C(C)C(=O)O)nn1C. The molecule has 0 saturated heterocycles. The molecule has 106 valence electrons. The van der Waals surface area contributed by atoms with Crippen LogP contribution in [0.1, 0.15) is 19.5 Å². The fraction of sp³-hybridized carbons (Fsp3) is 0.583. The Hall–Kier alpha value is -2.05. The number of aliphatic carboxylic acids is 1. The highest BCUT2D eigenvalue weighted by molar-refractivity contribution is 5.84. The Bertz CT molecular complexity index is 470. The van der Waals surface area contributed by atoms with Gasteiger partial charge >= 0.3 is 5.97 Å². The van der Waals surface area contributed by atoms with Crippen molar-refractivity contribution in [2.75, 3.05) is 7.11 Å². The number of ether oxygens (including phenoxy) is 1. The molecule has 19 heavy (non-hydrogen) atoms. The average Bonchev–Trinajstić information content (AvgIpc) is 2.74. The van der Waals surface area contributed by atoms with Crippen LogP contribution in [0.4, 0.5) is 0 Å². The second kappa shape index (κ2) is 6.21. The number of aromatic nitrogens is 2. The van der Waals surface area contributed by atoms with Gasteiger partial charge in [-0.1, -0.05) is 13.8 Å². The highest BCUT2D eigenvalue weighted by atomic mass is 16.5. The van der Waals surface area contributed by atoms with Gasteiger partial charge in [0.1, 0.15) is 0 Å². The van der Waals surface area contributed by atoms with Crippen molar-refractivity contribution in [1.82, 2.24) is 15.1 Å². The zero-order valence-corrected chi connectivity index (χ0v) is 11.5. The smallest absolute Gasteiger partial charge is 0.307 e. The summed E-state index contributed by atoms with van der Waals surface area (Å²) < 4.78 is 6.62. The molecule has 1 aromatic heterocycles. The van der Waals surface area contributed by atoms with E-state index < -0.39 is 17.8 Å². The van der Waals surface area contributed by atoms with E-state index in [9.17, 15) is 9.59 Å². The minimum Gasteiger partial charge on any atom is -0.481 e. The standard InChI is InChI=1S/C12H19N3O4/c1-7(8(2)12(17)18)11(16)13-6-9-5-10(19-4)15(3)14-9/h5,7-8H,6H2,1-4H3,(H,13,16)(H,17,18). The lowest BCUT2D eigenvalue weighted by Gasteiger charge is -2.15. The van der Waals surface area contributed by atoms with Crippen LogP contribution in [0.2, 0.25) is 0 Å². The van der Waals surface area contributed by atoms with E-state index in [1.54, 1.807) is 24.7 Å². The van der Waals surface area contributed by atoms with E-state index in [0.717, 1.165) is 0 Å². The van der Waals surface area contributed by atoms with Crippen molar-refractivity contribution in [2.45, 2.75) is 20.4 Å². The Labute approximate surface area is 111 Å². The maximum atomic E-state index is 11.8. The summed E-state index contributed by atoms with van der Waals surface area (Å²) in [7, 11) is 3.27. The van der Waals surface area contributed by atoms with Gasteiger partial charge in [-0.15, -0.1) is 0 Å². The number of aryl methyl sites for hydroxylation is 1. The molecule has 0 aliphatic heterocycles. The van der Waals surface area contributed by atoms with E-state index in [2.05, 4.69) is 10.4 Å². The van der Waals surface area contributed by atoms with E-state index in [4.69, 9.17) is 9.84 Å². The molecule has 0 aliphatic carbocycles. The van der Waals surface area contributed by atoms with Gasteiger partial charge in [0.05, 0.1) is 25.3 Å². The molecule has 0 aliphatic rings. The summed E-state index contributed by atoms with van der Waals surface area (Å²) in [4.78, 5) is 22.6. The van der Waals surface area contributed by atoms with Crippen molar-refractivity contribution in [2.24, 2.45) is 18.9 Å². The van der Waals surface area contributed by atoms with Crippen LogP contribution in [0.5, 0.6) is 5.88 Å². The average molecular weight is 269 g/mol. The minimum atomic E-state index is -0.984. The van der Waals surface area contributed by atoms with Gasteiger partial charge in [-0.2, -0.15) is 5.10 Å². The predicted octanol–water partition coefficient (Wildman–Crippen LogP) is 0.402. The molecular weight excluding hydrogens is 250 g/mol. The van der Waals surface area contributed by atoms with Gasteiger partial charge in [-0.25, -0.2) is 4.68 Å². The number of nitrogens with one attached hydrogen (secondary N) is 1. The number of hydrogen-bond donors (Lipinski definition) is 2. The number of methoxy groups -OCH3 is 1. The van der Waals surface area contributed by atoms with Gasteiger partial charge in [-0.3, -0.25) is 9.59 Å². The molecule has 0 saturated carbocycles. The van der Waals surface area contributed by atoms with Gasteiger partial charge in [0.15, 0.2) is 0 Å². The fourth-order valence-electron chi connectivity index (χ4n) is 1.56. The van der Waals surface area contributed by atoms with Gasteiger partial charge in [0.2, 0.25) is 11.8 Å². The van der Waals surface area contributed by atoms with E-state index in [1.165, 1.54) is 14.0 Å². The Morgan fingerprint density at radius 2 is 2.11 bits per heavy atom. The molecule has 1 amide bonds. The number of nitrogens with zero attached hydrogens (tertiary/aromatic N) is 2. The Balaban J connectivity index is 2.56. The first-order valence-corrected chi connectivity index (χ1v) is 5.94. The normalized spacial score (nSPS) is 13.7. The summed E-state index contributed by atoms with van der Waals surface area (Å²) in [5.41, 5.74) is 0.655. The maximum Gasteiger partial charge on any atom is 0.307 e. The van der Waals surface area contributed by atoms with Crippen LogP contribution in [-0.4, -0.2) is 33.9 Å². The Morgan fingerprint density at radius 3 is 2.58 bits per heavy atom. The summed E-state index contributed by atoms with van der Waals surface area (Å²) in [6, 6.07) is 1.71. The molecule has 0 spiro atoms. The summed E-state index contributed by atoms with van der Waals surface area (Å²) in [6.07, 6.45) is 0. The van der Waals surface area contributed by atoms with E-state index in [-0.39, 0.29) is 12.5 Å². The highest BCUT2D eigenvalue weighted by Gasteiger charge is 2.25. The molecule has 1 aromatic rings. The van der Waals surface area contributed by atoms with Crippen LogP contribution in [0.15, 0.2) is 6.07 Å². The lowest BCUT2D eigenvalue weighted by Crippen LogP contribution is -2.34. The predicted molar refractivity (Wildman–Crippen MR) is 67.6 cm³/mol. The second-order valence-electron chi connectivity index (χ2n) is 4.44. The molecule has 7 nitrogen and oxygen atoms in total. The zero-order chi connectivity index (χ0) is 14.6. The molecule has 7 heteroatoms. The molecule has 2 N–H and O–H groups in total. The molecule has 0 bridgehead atoms. The highest BCUT2D eigenvalue weighted by Crippen LogP contribution is 2.13. The van der Waals surface area contributed by atoms with Crippen LogP contribution < -0.4 is 10.1 Å². The number of carbonyl (C=O) groups is 2. The summed E-state index contributed by atoms with van der Waals surface area (Å²) in [5.74, 6) is -2.01. The number of amides is 1. The van der Waals surface area contributed by atoms with E-state index in [1.807, 2.05) is 0 Å². The first-order valence-electron chi connectivity index (χ1n) is 5.94. The summed E-state index contributed by atoms with van der Waals surface area (Å²) >= 11 is 0. The topological polar surface area (TPSA) is 93.4 Å². The van der Waals surface area contributed by atoms with Gasteiger partial charge < -0.3 is 15.2 Å². The Morgan fingerprint density at radius 1 is 1.47 bits per heavy atom. The Kier molecular flexibility index (Phi) is 4.91. The minimum absolute atomic E-state index is 0.243. The first-order chi connectivity index (χ1) is 8.86. The maximum absolute atomic E-state index is 11.8. The molecule has 0 radical (unpaired) electrons. The second-order valence-corrected chi connectivity index (χ2v) is 4.44. The summed E-state index contributed by atoms with van der Waals surface area (Å²) in [6.45, 7) is 3.34. The molecule has 2 unspecified atom stereocenters. The fourth-order valence-corrected chi connectivity index (χ4v) is 1.56. The van der Waals surface area contributed by atoms with Crippen molar-refractivity contribution >= 4 is 11.9 Å². The van der Waals surface area contributed by atoms with Crippen molar-refractivity contribution in [1.29, 1.82) is 0 Å². The molecule has 0 aromatic carbocycles. The first kappa shape index (κ1) is 15.0. The molecule has 0 fully saturated rings. The monoisotopic (exact) mass is 269 g/mol. The molecule has 1 rings (SSSR count). The molecular formula is C12H19N3O4. The van der Waals surface area contributed by atoms with Gasteiger partial charge in [0.25, 0.3) is 0 Å². The van der Waals surface area contributed by atoms with Crippen molar-refractivity contribution in [3.63, 3.8) is 0 Å². The number of carbonyl (C=O) groups excluding carboxylic acids is 1. The third-order valence-corrected chi connectivity index (χ3v) is 3.09. The number of carboxylic acid groups (broad SMARTS) is 1. The van der Waals surface area contributed by atoms with E-state index in [0.29, 0.717) is 11.6 Å². The van der Waals surface area contributed by atoms with Crippen LogP contribution in [-0.2, 0) is 23.2 Å². The van der Waals surface area contributed by atoms with Crippen LogP contribution in [0, 0.1) is 11.8 Å². The van der Waals surface area contributed by atoms with Crippen LogP contribution >= 0.6 is 0 Å². The lowest BCUT2D eigenvalue weighted by atomic mass is 9.95. The van der Waals surface area contributed by atoms with E-state index >= 15 is 0 Å². The number of carboxylic acids is 1. The van der Waals surface area contributed by atoms with Crippen molar-refractivity contribution < 1.29 is 19.4 Å². The zero-order valence-electron chi connectivity index (χ0n) is 11.5. The summed E-state index contributed by atoms with van der Waals surface area (Å²) in [5, 5.41) is 15.7. The quantitative estimate of drug-likeness (QED) is 0.779. The largest absolute Gasteiger partial charge is 0.481 e. The lowest BCUT2D eigenvalue weighted by molar-refractivity contribution is -0.146. The van der Waals surface area contributed by atoms with Crippen LogP contribution in [0.3, 0.4) is 0 Å². The third kappa shape index (κ3) is 3.70. The number of rotatable bonds is 6. The molecule has 2 atom stereocenters.